The van der Waals surface area contributed by atoms with Crippen LogP contribution in [0.2, 0.25) is 0 Å². The number of ether oxygens (including phenoxy) is 2. The van der Waals surface area contributed by atoms with Gasteiger partial charge in [-0.25, -0.2) is 0 Å². The van der Waals surface area contributed by atoms with Crippen LogP contribution in [0.15, 0.2) is 0 Å². The Kier molecular flexibility index (Phi) is 12.2. The molecule has 0 aliphatic carbocycles. The number of nitrogens with zero attached hydrogens (tertiary/aromatic N) is 1. The number of amides is 3. The zero-order valence-corrected chi connectivity index (χ0v) is 18.4. The number of esters is 2. The quantitative estimate of drug-likeness (QED) is 0.300. The van der Waals surface area contributed by atoms with Crippen molar-refractivity contribution in [2.45, 2.75) is 71.8 Å². The predicted octanol–water partition coefficient (Wildman–Crippen LogP) is -0.213. The minimum Gasteiger partial charge on any atom is -0.462 e. The Bertz CT molecular complexity index is 610. The highest BCUT2D eigenvalue weighted by atomic mass is 32.1. The molecule has 0 saturated heterocycles. The van der Waals surface area contributed by atoms with E-state index in [1.54, 1.807) is 27.7 Å². The zero-order valence-electron chi connectivity index (χ0n) is 17.5. The van der Waals surface area contributed by atoms with Crippen molar-refractivity contribution in [1.82, 2.24) is 10.2 Å². The van der Waals surface area contributed by atoms with Crippen LogP contribution in [0, 0.1) is 0 Å². The van der Waals surface area contributed by atoms with E-state index in [1.807, 2.05) is 0 Å². The molecule has 0 saturated carbocycles. The molecule has 0 fully saturated rings. The van der Waals surface area contributed by atoms with Crippen LogP contribution >= 0.6 is 12.6 Å². The van der Waals surface area contributed by atoms with Crippen LogP contribution in [-0.2, 0) is 33.4 Å². The molecule has 2 atom stereocenters. The number of carbonyl (C=O) groups excluding carboxylic acids is 5. The minimum atomic E-state index is -1.23. The van der Waals surface area contributed by atoms with Gasteiger partial charge in [0.05, 0.1) is 12.2 Å². The fraction of sp³-hybridized carbons (Fsp3) is 0.722. The number of imide groups is 1. The molecule has 0 heterocycles. The minimum absolute atomic E-state index is 0.0597. The number of thiol groups is 1. The molecule has 0 radical (unpaired) electrons. The smallest absolute Gasteiger partial charge is 0.325 e. The summed E-state index contributed by atoms with van der Waals surface area (Å²) in [5.41, 5.74) is 5.70. The van der Waals surface area contributed by atoms with Crippen molar-refractivity contribution in [2.75, 3.05) is 12.3 Å². The van der Waals surface area contributed by atoms with Gasteiger partial charge in [0.1, 0.15) is 18.6 Å². The van der Waals surface area contributed by atoms with Gasteiger partial charge in [-0.3, -0.25) is 28.9 Å². The summed E-state index contributed by atoms with van der Waals surface area (Å²) in [6.45, 7) is 7.37. The van der Waals surface area contributed by atoms with Gasteiger partial charge in [-0.05, 0) is 34.1 Å². The van der Waals surface area contributed by atoms with Gasteiger partial charge >= 0.3 is 11.9 Å². The van der Waals surface area contributed by atoms with E-state index in [9.17, 15) is 24.0 Å². The monoisotopic (exact) mass is 433 g/mol. The first-order valence-corrected chi connectivity index (χ1v) is 9.90. The maximum atomic E-state index is 12.5. The van der Waals surface area contributed by atoms with Crippen molar-refractivity contribution in [3.8, 4) is 0 Å². The van der Waals surface area contributed by atoms with Crippen LogP contribution in [0.1, 0.15) is 47.5 Å². The van der Waals surface area contributed by atoms with E-state index in [0.717, 1.165) is 11.8 Å². The van der Waals surface area contributed by atoms with Crippen LogP contribution in [0.5, 0.6) is 0 Å². The summed E-state index contributed by atoms with van der Waals surface area (Å²) in [4.78, 5) is 60.9. The Morgan fingerprint density at radius 1 is 1.03 bits per heavy atom. The molecule has 11 heteroatoms. The molecule has 0 aromatic rings. The van der Waals surface area contributed by atoms with Crippen molar-refractivity contribution in [3.05, 3.63) is 0 Å². The van der Waals surface area contributed by atoms with Crippen LogP contribution in [0.25, 0.3) is 0 Å². The average molecular weight is 434 g/mol. The molecular formula is C18H31N3O7S. The molecular weight excluding hydrogens is 402 g/mol. The van der Waals surface area contributed by atoms with Gasteiger partial charge in [-0.15, -0.1) is 0 Å². The van der Waals surface area contributed by atoms with Crippen LogP contribution < -0.4 is 11.1 Å². The lowest BCUT2D eigenvalue weighted by atomic mass is 10.1. The van der Waals surface area contributed by atoms with Gasteiger partial charge in [-0.2, -0.15) is 12.6 Å². The molecule has 0 aliphatic rings. The third-order valence-corrected chi connectivity index (χ3v) is 3.84. The van der Waals surface area contributed by atoms with E-state index in [4.69, 9.17) is 15.2 Å². The molecule has 3 N–H and O–H groups in total. The summed E-state index contributed by atoms with van der Waals surface area (Å²) >= 11 is 4.04. The molecule has 0 bridgehead atoms. The Labute approximate surface area is 176 Å². The number of nitrogens with one attached hydrogen (secondary N) is 1. The van der Waals surface area contributed by atoms with E-state index in [0.29, 0.717) is 0 Å². The molecule has 2 unspecified atom stereocenters. The summed E-state index contributed by atoms with van der Waals surface area (Å²) < 4.78 is 9.87. The molecule has 166 valence electrons. The van der Waals surface area contributed by atoms with Gasteiger partial charge in [0, 0.05) is 19.1 Å². The van der Waals surface area contributed by atoms with Gasteiger partial charge in [-0.1, -0.05) is 0 Å². The standard InChI is InChI=1S/C18H31N3O7S/c1-10(2)27-16(24)8-20-17(25)14(9-29)21(12(5)22)15(23)7-6-13(19)18(26)28-11(3)4/h10-11,13-14,29H,6-9,19H2,1-5H3,(H,20,25). The summed E-state index contributed by atoms with van der Waals surface area (Å²) in [6, 6.07) is -2.27. The van der Waals surface area contributed by atoms with E-state index in [-0.39, 0.29) is 30.8 Å². The average Bonchev–Trinajstić information content (AvgIpc) is 2.60. The molecule has 10 nitrogen and oxygen atoms in total. The largest absolute Gasteiger partial charge is 0.462 e. The molecule has 29 heavy (non-hydrogen) atoms. The summed E-state index contributed by atoms with van der Waals surface area (Å²) in [6.07, 6.45) is -1.00. The third kappa shape index (κ3) is 10.3. The van der Waals surface area contributed by atoms with Gasteiger partial charge in [0.25, 0.3) is 0 Å². The fourth-order valence-corrected chi connectivity index (χ4v) is 2.60. The maximum absolute atomic E-state index is 12.5. The molecule has 0 spiro atoms. The van der Waals surface area contributed by atoms with Gasteiger partial charge < -0.3 is 20.5 Å². The van der Waals surface area contributed by atoms with Crippen molar-refractivity contribution in [3.63, 3.8) is 0 Å². The highest BCUT2D eigenvalue weighted by molar-refractivity contribution is 7.80. The Morgan fingerprint density at radius 3 is 2.03 bits per heavy atom. The molecule has 0 aromatic carbocycles. The second-order valence-electron chi connectivity index (χ2n) is 6.87. The zero-order chi connectivity index (χ0) is 22.7. The number of hydrogen-bond acceptors (Lipinski definition) is 9. The lowest BCUT2D eigenvalue weighted by Gasteiger charge is -2.27. The molecule has 3 amide bonds. The first-order chi connectivity index (χ1) is 13.4. The fourth-order valence-electron chi connectivity index (χ4n) is 2.27. The molecule has 0 aliphatic heterocycles. The number of hydrogen-bond donors (Lipinski definition) is 3. The lowest BCUT2D eigenvalue weighted by molar-refractivity contribution is -0.151. The predicted molar refractivity (Wildman–Crippen MR) is 108 cm³/mol. The summed E-state index contributed by atoms with van der Waals surface area (Å²) in [5.74, 6) is -3.56. The van der Waals surface area contributed by atoms with Crippen LogP contribution in [0.3, 0.4) is 0 Å². The topological polar surface area (TPSA) is 145 Å². The summed E-state index contributed by atoms with van der Waals surface area (Å²) in [5, 5.41) is 2.33. The Balaban J connectivity index is 4.98. The van der Waals surface area contributed by atoms with E-state index in [1.165, 1.54) is 0 Å². The van der Waals surface area contributed by atoms with Crippen molar-refractivity contribution in [2.24, 2.45) is 5.73 Å². The number of rotatable bonds is 11. The highest BCUT2D eigenvalue weighted by Gasteiger charge is 2.32. The lowest BCUT2D eigenvalue weighted by Crippen LogP contribution is -2.53. The van der Waals surface area contributed by atoms with E-state index < -0.39 is 48.3 Å². The van der Waals surface area contributed by atoms with Gasteiger partial charge in [0.2, 0.25) is 17.7 Å². The second kappa shape index (κ2) is 13.2. The Hall–Kier alpha value is -2.14. The SMILES string of the molecule is CC(=O)N(C(=O)CCC(N)C(=O)OC(C)C)C(CS)C(=O)NCC(=O)OC(C)C. The van der Waals surface area contributed by atoms with E-state index >= 15 is 0 Å². The Morgan fingerprint density at radius 2 is 1.59 bits per heavy atom. The molecule has 0 aromatic heterocycles. The highest BCUT2D eigenvalue weighted by Crippen LogP contribution is 2.10. The number of nitrogens with two attached hydrogens (primary N) is 1. The maximum Gasteiger partial charge on any atom is 0.325 e. The normalized spacial score (nSPS) is 12.9. The van der Waals surface area contributed by atoms with Crippen molar-refractivity contribution in [1.29, 1.82) is 0 Å². The second-order valence-corrected chi connectivity index (χ2v) is 7.23. The molecule has 0 rings (SSSR count). The number of carbonyl (C=O) groups is 5. The first-order valence-electron chi connectivity index (χ1n) is 9.27. The van der Waals surface area contributed by atoms with Crippen LogP contribution in [-0.4, -0.2) is 71.1 Å². The first kappa shape index (κ1) is 26.9. The summed E-state index contributed by atoms with van der Waals surface area (Å²) in [7, 11) is 0. The van der Waals surface area contributed by atoms with Crippen LogP contribution in [0.4, 0.5) is 0 Å². The van der Waals surface area contributed by atoms with Gasteiger partial charge in [0.15, 0.2) is 0 Å². The van der Waals surface area contributed by atoms with Crippen molar-refractivity contribution >= 4 is 42.3 Å². The van der Waals surface area contributed by atoms with Crippen molar-refractivity contribution < 1.29 is 33.4 Å². The van der Waals surface area contributed by atoms with E-state index in [2.05, 4.69) is 17.9 Å². The third-order valence-electron chi connectivity index (χ3n) is 3.49.